The Hall–Kier alpha value is -4.12. The third kappa shape index (κ3) is 5.98. The Morgan fingerprint density at radius 1 is 1.13 bits per heavy atom. The number of hydrogen-bond acceptors (Lipinski definition) is 9. The smallest absolute Gasteiger partial charge is 0.310 e. The molecule has 1 atom stereocenters. The quantitative estimate of drug-likeness (QED) is 0.218. The van der Waals surface area contributed by atoms with Crippen molar-refractivity contribution in [2.75, 3.05) is 26.8 Å². The van der Waals surface area contributed by atoms with Crippen LogP contribution in [-0.4, -0.2) is 63.3 Å². The summed E-state index contributed by atoms with van der Waals surface area (Å²) in [6.07, 6.45) is 2.82. The Bertz CT molecular complexity index is 1440. The van der Waals surface area contributed by atoms with Gasteiger partial charge in [-0.05, 0) is 44.0 Å². The SMILES string of the molecule is CCOC(=O)C1CCCN(C(=O)c2coc(CSc3nnc(-c4cccc(OC)c4)n3-c3ccccc3)n2)C1. The molecule has 1 fully saturated rings. The van der Waals surface area contributed by atoms with Gasteiger partial charge in [-0.15, -0.1) is 10.2 Å². The predicted molar refractivity (Wildman–Crippen MR) is 145 cm³/mol. The van der Waals surface area contributed by atoms with Gasteiger partial charge in [0, 0.05) is 24.3 Å². The number of ether oxygens (including phenoxy) is 2. The van der Waals surface area contributed by atoms with Gasteiger partial charge < -0.3 is 18.8 Å². The van der Waals surface area contributed by atoms with Gasteiger partial charge >= 0.3 is 5.97 Å². The number of piperidine rings is 1. The maximum absolute atomic E-state index is 13.1. The molecule has 39 heavy (non-hydrogen) atoms. The lowest BCUT2D eigenvalue weighted by Gasteiger charge is -2.30. The van der Waals surface area contributed by atoms with E-state index in [9.17, 15) is 9.59 Å². The third-order valence-corrected chi connectivity index (χ3v) is 7.31. The number of para-hydroxylation sites is 1. The molecular formula is C28H29N5O5S. The van der Waals surface area contributed by atoms with Gasteiger partial charge in [-0.2, -0.15) is 0 Å². The second-order valence-corrected chi connectivity index (χ2v) is 9.91. The largest absolute Gasteiger partial charge is 0.497 e. The number of methoxy groups -OCH3 is 1. The molecule has 202 valence electrons. The van der Waals surface area contributed by atoms with Crippen molar-refractivity contribution < 1.29 is 23.5 Å². The minimum atomic E-state index is -0.312. The number of likely N-dealkylation sites (tertiary alicyclic amines) is 1. The molecule has 4 aromatic rings. The fourth-order valence-corrected chi connectivity index (χ4v) is 5.30. The normalized spacial score (nSPS) is 15.2. The fraction of sp³-hybridized carbons (Fsp3) is 0.321. The van der Waals surface area contributed by atoms with Gasteiger partial charge in [0.25, 0.3) is 5.91 Å². The van der Waals surface area contributed by atoms with Gasteiger partial charge in [0.2, 0.25) is 5.89 Å². The molecule has 2 aromatic heterocycles. The van der Waals surface area contributed by atoms with Crippen molar-refractivity contribution in [1.82, 2.24) is 24.6 Å². The number of rotatable bonds is 9. The van der Waals surface area contributed by atoms with Crippen molar-refractivity contribution in [3.63, 3.8) is 0 Å². The Balaban J connectivity index is 1.32. The number of carbonyl (C=O) groups excluding carboxylic acids is 2. The maximum atomic E-state index is 13.1. The Labute approximate surface area is 230 Å². The summed E-state index contributed by atoms with van der Waals surface area (Å²) in [4.78, 5) is 31.3. The Kier molecular flexibility index (Phi) is 8.26. The number of amides is 1. The molecule has 1 aliphatic heterocycles. The zero-order chi connectivity index (χ0) is 27.2. The summed E-state index contributed by atoms with van der Waals surface area (Å²) in [7, 11) is 1.63. The van der Waals surface area contributed by atoms with Gasteiger partial charge in [0.15, 0.2) is 16.7 Å². The number of hydrogen-bond donors (Lipinski definition) is 0. The lowest BCUT2D eigenvalue weighted by atomic mass is 9.98. The molecule has 0 radical (unpaired) electrons. The van der Waals surface area contributed by atoms with E-state index in [4.69, 9.17) is 13.9 Å². The predicted octanol–water partition coefficient (Wildman–Crippen LogP) is 4.64. The molecule has 1 aliphatic rings. The van der Waals surface area contributed by atoms with Crippen LogP contribution >= 0.6 is 11.8 Å². The monoisotopic (exact) mass is 547 g/mol. The van der Waals surface area contributed by atoms with Gasteiger partial charge in [-0.25, -0.2) is 4.98 Å². The van der Waals surface area contributed by atoms with Gasteiger partial charge in [-0.3, -0.25) is 14.2 Å². The summed E-state index contributed by atoms with van der Waals surface area (Å²) in [5.74, 6) is 1.32. The lowest BCUT2D eigenvalue weighted by Crippen LogP contribution is -2.43. The second-order valence-electron chi connectivity index (χ2n) is 8.97. The highest BCUT2D eigenvalue weighted by Crippen LogP contribution is 2.31. The molecule has 5 rings (SSSR count). The van der Waals surface area contributed by atoms with Crippen molar-refractivity contribution in [2.45, 2.75) is 30.7 Å². The zero-order valence-corrected chi connectivity index (χ0v) is 22.6. The van der Waals surface area contributed by atoms with Crippen LogP contribution in [0.25, 0.3) is 17.1 Å². The van der Waals surface area contributed by atoms with Crippen LogP contribution in [0.4, 0.5) is 0 Å². The van der Waals surface area contributed by atoms with Crippen LogP contribution in [0.1, 0.15) is 36.1 Å². The number of benzene rings is 2. The van der Waals surface area contributed by atoms with Crippen LogP contribution in [0, 0.1) is 5.92 Å². The highest BCUT2D eigenvalue weighted by atomic mass is 32.2. The summed E-state index contributed by atoms with van der Waals surface area (Å²) in [5, 5.41) is 9.56. The topological polar surface area (TPSA) is 113 Å². The number of thioether (sulfide) groups is 1. The van der Waals surface area contributed by atoms with E-state index in [1.54, 1.807) is 18.9 Å². The Morgan fingerprint density at radius 2 is 1.97 bits per heavy atom. The number of esters is 1. The Morgan fingerprint density at radius 3 is 2.77 bits per heavy atom. The van der Waals surface area contributed by atoms with Gasteiger partial charge in [0.05, 0.1) is 25.4 Å². The van der Waals surface area contributed by atoms with E-state index in [-0.39, 0.29) is 23.5 Å². The summed E-state index contributed by atoms with van der Waals surface area (Å²) in [6, 6.07) is 17.5. The van der Waals surface area contributed by atoms with Crippen molar-refractivity contribution in [3.05, 3.63) is 72.4 Å². The first kappa shape index (κ1) is 26.5. The first-order chi connectivity index (χ1) is 19.1. The highest BCUT2D eigenvalue weighted by Gasteiger charge is 2.31. The average molecular weight is 548 g/mol. The first-order valence-corrected chi connectivity index (χ1v) is 13.7. The molecule has 0 N–H and O–H groups in total. The summed E-state index contributed by atoms with van der Waals surface area (Å²) in [6.45, 7) is 2.99. The number of aromatic nitrogens is 4. The minimum absolute atomic E-state index is 0.219. The average Bonchev–Trinajstić information content (AvgIpc) is 3.64. The molecule has 3 heterocycles. The van der Waals surface area contributed by atoms with E-state index in [1.807, 2.05) is 59.2 Å². The number of oxazole rings is 1. The molecule has 1 saturated heterocycles. The van der Waals surface area contributed by atoms with Crippen LogP contribution < -0.4 is 4.74 Å². The van der Waals surface area contributed by atoms with Crippen LogP contribution in [0.15, 0.2) is 70.4 Å². The molecule has 0 aliphatic carbocycles. The molecule has 10 nitrogen and oxygen atoms in total. The molecule has 11 heteroatoms. The zero-order valence-electron chi connectivity index (χ0n) is 21.8. The number of nitrogens with zero attached hydrogens (tertiary/aromatic N) is 5. The van der Waals surface area contributed by atoms with Crippen molar-refractivity contribution in [3.8, 4) is 22.8 Å². The molecule has 2 aromatic carbocycles. The summed E-state index contributed by atoms with van der Waals surface area (Å²) >= 11 is 1.41. The first-order valence-electron chi connectivity index (χ1n) is 12.8. The molecule has 1 unspecified atom stereocenters. The van der Waals surface area contributed by atoms with E-state index in [2.05, 4.69) is 15.2 Å². The van der Waals surface area contributed by atoms with E-state index >= 15 is 0 Å². The second kappa shape index (κ2) is 12.2. The van der Waals surface area contributed by atoms with Crippen molar-refractivity contribution in [1.29, 1.82) is 0 Å². The molecule has 1 amide bonds. The van der Waals surface area contributed by atoms with Crippen molar-refractivity contribution in [2.24, 2.45) is 5.92 Å². The highest BCUT2D eigenvalue weighted by molar-refractivity contribution is 7.98. The van der Waals surface area contributed by atoms with Crippen LogP contribution in [0.5, 0.6) is 5.75 Å². The summed E-state index contributed by atoms with van der Waals surface area (Å²) < 4.78 is 18.1. The van der Waals surface area contributed by atoms with E-state index < -0.39 is 0 Å². The van der Waals surface area contributed by atoms with E-state index in [1.165, 1.54) is 18.0 Å². The van der Waals surface area contributed by atoms with Crippen LogP contribution in [0.2, 0.25) is 0 Å². The van der Waals surface area contributed by atoms with E-state index in [0.717, 1.165) is 23.4 Å². The third-order valence-electron chi connectivity index (χ3n) is 6.40. The molecule has 0 bridgehead atoms. The van der Waals surface area contributed by atoms with E-state index in [0.29, 0.717) is 48.7 Å². The standard InChI is InChI=1S/C28H29N5O5S/c1-3-37-27(35)20-10-8-14-32(16-20)26(34)23-17-38-24(29-23)18-39-28-31-30-25(19-9-7-13-22(15-19)36-2)33(28)21-11-5-4-6-12-21/h4-7,9,11-13,15,17,20H,3,8,10,14,16,18H2,1-2H3. The maximum Gasteiger partial charge on any atom is 0.310 e. The van der Waals surface area contributed by atoms with Crippen molar-refractivity contribution >= 4 is 23.6 Å². The van der Waals surface area contributed by atoms with Gasteiger partial charge in [-0.1, -0.05) is 42.1 Å². The summed E-state index contributed by atoms with van der Waals surface area (Å²) in [5.41, 5.74) is 1.99. The molecule has 0 saturated carbocycles. The van der Waals surface area contributed by atoms with Gasteiger partial charge in [0.1, 0.15) is 12.0 Å². The molecular weight excluding hydrogens is 518 g/mol. The minimum Gasteiger partial charge on any atom is -0.497 e. The fourth-order valence-electron chi connectivity index (χ4n) is 4.50. The molecule has 0 spiro atoms. The van der Waals surface area contributed by atoms with Crippen LogP contribution in [0.3, 0.4) is 0 Å². The van der Waals surface area contributed by atoms with Crippen LogP contribution in [-0.2, 0) is 15.3 Å². The lowest BCUT2D eigenvalue weighted by molar-refractivity contribution is -0.149. The number of carbonyl (C=O) groups is 2.